The number of aromatic nitrogens is 7. The van der Waals surface area contributed by atoms with Crippen molar-refractivity contribution in [2.75, 3.05) is 5.32 Å². The molecular formula is C22H20N8OS. The Morgan fingerprint density at radius 3 is 2.59 bits per heavy atom. The summed E-state index contributed by atoms with van der Waals surface area (Å²) < 4.78 is 3.39. The molecule has 160 valence electrons. The molecule has 0 fully saturated rings. The minimum absolute atomic E-state index is 0.120. The van der Waals surface area contributed by atoms with Crippen molar-refractivity contribution in [3.8, 4) is 16.3 Å². The van der Waals surface area contributed by atoms with Crippen LogP contribution >= 0.6 is 11.3 Å². The third kappa shape index (κ3) is 3.65. The van der Waals surface area contributed by atoms with Gasteiger partial charge in [0.15, 0.2) is 5.65 Å². The van der Waals surface area contributed by atoms with Crippen LogP contribution in [-0.4, -0.2) is 40.9 Å². The van der Waals surface area contributed by atoms with E-state index in [2.05, 4.69) is 38.9 Å². The fourth-order valence-corrected chi connectivity index (χ4v) is 4.29. The molecule has 0 aliphatic carbocycles. The second-order valence-electron chi connectivity index (χ2n) is 7.64. The van der Waals surface area contributed by atoms with E-state index in [9.17, 15) is 4.79 Å². The highest BCUT2D eigenvalue weighted by molar-refractivity contribution is 7.15. The minimum Gasteiger partial charge on any atom is -0.322 e. The van der Waals surface area contributed by atoms with E-state index in [1.54, 1.807) is 22.2 Å². The molecule has 4 aromatic heterocycles. The standard InChI is InChI=1S/C22H20N8OS/c1-13(2)30-21-18(11-24-30)17(10-19(26-21)20-9-4-14(3)32-20)22(31)25-15-5-7-16(8-6-15)29-12-23-27-28-29/h4-13H,1-3H3,(H,25,31). The van der Waals surface area contributed by atoms with Crippen LogP contribution in [0.25, 0.3) is 27.3 Å². The normalized spacial score (nSPS) is 11.4. The summed E-state index contributed by atoms with van der Waals surface area (Å²) in [7, 11) is 0. The van der Waals surface area contributed by atoms with Crippen LogP contribution in [0.3, 0.4) is 0 Å². The first kappa shape index (κ1) is 20.0. The summed E-state index contributed by atoms with van der Waals surface area (Å²) in [4.78, 5) is 20.3. The number of nitrogens with one attached hydrogen (secondary N) is 1. The number of nitrogens with zero attached hydrogens (tertiary/aromatic N) is 7. The number of tetrazole rings is 1. The van der Waals surface area contributed by atoms with Gasteiger partial charge in [-0.2, -0.15) is 5.10 Å². The molecule has 4 heterocycles. The molecule has 10 heteroatoms. The SMILES string of the molecule is Cc1ccc(-c2cc(C(=O)Nc3ccc(-n4cnnn4)cc3)c3cnn(C(C)C)c3n2)s1. The van der Waals surface area contributed by atoms with Gasteiger partial charge < -0.3 is 5.32 Å². The molecule has 5 rings (SSSR count). The van der Waals surface area contributed by atoms with E-state index < -0.39 is 0 Å². The topological polar surface area (TPSA) is 103 Å². The summed E-state index contributed by atoms with van der Waals surface area (Å²) >= 11 is 1.65. The maximum Gasteiger partial charge on any atom is 0.256 e. The number of carbonyl (C=O) groups is 1. The average Bonchev–Trinajstić information content (AvgIpc) is 3.54. The molecule has 0 atom stereocenters. The quantitative estimate of drug-likeness (QED) is 0.434. The van der Waals surface area contributed by atoms with E-state index in [-0.39, 0.29) is 11.9 Å². The highest BCUT2D eigenvalue weighted by Gasteiger charge is 2.19. The van der Waals surface area contributed by atoms with E-state index >= 15 is 0 Å². The number of fused-ring (bicyclic) bond motifs is 1. The lowest BCUT2D eigenvalue weighted by atomic mass is 10.1. The van der Waals surface area contributed by atoms with Crippen LogP contribution in [0.15, 0.2) is 55.0 Å². The molecule has 1 aromatic carbocycles. The Morgan fingerprint density at radius 2 is 1.94 bits per heavy atom. The molecule has 0 radical (unpaired) electrons. The van der Waals surface area contributed by atoms with Gasteiger partial charge in [0.25, 0.3) is 5.91 Å². The summed E-state index contributed by atoms with van der Waals surface area (Å²) in [6.07, 6.45) is 3.23. The van der Waals surface area contributed by atoms with E-state index in [4.69, 9.17) is 4.98 Å². The Bertz CT molecular complexity index is 1400. The van der Waals surface area contributed by atoms with Crippen molar-refractivity contribution in [2.24, 2.45) is 0 Å². The molecule has 0 saturated heterocycles. The maximum atomic E-state index is 13.3. The third-order valence-electron chi connectivity index (χ3n) is 5.03. The highest BCUT2D eigenvalue weighted by atomic mass is 32.1. The number of anilines is 1. The number of thiophene rings is 1. The van der Waals surface area contributed by atoms with Crippen LogP contribution < -0.4 is 5.32 Å². The van der Waals surface area contributed by atoms with Gasteiger partial charge >= 0.3 is 0 Å². The van der Waals surface area contributed by atoms with Gasteiger partial charge in [0.1, 0.15) is 6.33 Å². The van der Waals surface area contributed by atoms with Crippen molar-refractivity contribution < 1.29 is 4.79 Å². The molecule has 9 nitrogen and oxygen atoms in total. The first-order chi connectivity index (χ1) is 15.5. The second-order valence-corrected chi connectivity index (χ2v) is 8.93. The fraction of sp³-hybridized carbons (Fsp3) is 0.182. The van der Waals surface area contributed by atoms with Crippen molar-refractivity contribution in [1.29, 1.82) is 0 Å². The number of amides is 1. The van der Waals surface area contributed by atoms with Crippen LogP contribution in [0.5, 0.6) is 0 Å². The van der Waals surface area contributed by atoms with Crippen LogP contribution in [0.1, 0.15) is 35.1 Å². The smallest absolute Gasteiger partial charge is 0.256 e. The fourth-order valence-electron chi connectivity index (χ4n) is 3.46. The molecule has 0 spiro atoms. The number of pyridine rings is 1. The van der Waals surface area contributed by atoms with Crippen LogP contribution in [-0.2, 0) is 0 Å². The number of aryl methyl sites for hydroxylation is 1. The van der Waals surface area contributed by atoms with E-state index in [0.717, 1.165) is 21.6 Å². The van der Waals surface area contributed by atoms with Crippen molar-refractivity contribution in [3.05, 3.63) is 65.4 Å². The second kappa shape index (κ2) is 7.97. The number of carbonyl (C=O) groups excluding carboxylic acids is 1. The first-order valence-electron chi connectivity index (χ1n) is 10.1. The Kier molecular flexibility index (Phi) is 4.98. The monoisotopic (exact) mass is 444 g/mol. The predicted octanol–water partition coefficient (Wildman–Crippen LogP) is 4.28. The molecule has 0 aliphatic rings. The summed E-state index contributed by atoms with van der Waals surface area (Å²) in [6.45, 7) is 6.14. The number of benzene rings is 1. The lowest BCUT2D eigenvalue weighted by molar-refractivity contribution is 0.102. The highest BCUT2D eigenvalue weighted by Crippen LogP contribution is 2.31. The van der Waals surface area contributed by atoms with Gasteiger partial charge in [0.2, 0.25) is 0 Å². The number of rotatable bonds is 5. The van der Waals surface area contributed by atoms with Crippen LogP contribution in [0.2, 0.25) is 0 Å². The van der Waals surface area contributed by atoms with Gasteiger partial charge in [-0.15, -0.1) is 16.4 Å². The molecule has 0 bridgehead atoms. The lowest BCUT2D eigenvalue weighted by Crippen LogP contribution is -2.13. The zero-order valence-corrected chi connectivity index (χ0v) is 18.5. The summed E-state index contributed by atoms with van der Waals surface area (Å²) in [5.41, 5.74) is 3.46. The zero-order chi connectivity index (χ0) is 22.2. The molecule has 5 aromatic rings. The van der Waals surface area contributed by atoms with Crippen molar-refractivity contribution in [3.63, 3.8) is 0 Å². The molecule has 32 heavy (non-hydrogen) atoms. The molecular weight excluding hydrogens is 424 g/mol. The van der Waals surface area contributed by atoms with Crippen LogP contribution in [0.4, 0.5) is 5.69 Å². The first-order valence-corrected chi connectivity index (χ1v) is 10.9. The lowest BCUT2D eigenvalue weighted by Gasteiger charge is -2.11. The summed E-state index contributed by atoms with van der Waals surface area (Å²) in [5, 5.41) is 19.3. The molecule has 1 N–H and O–H groups in total. The van der Waals surface area contributed by atoms with E-state index in [1.807, 2.05) is 54.9 Å². The van der Waals surface area contributed by atoms with Gasteiger partial charge in [0, 0.05) is 16.6 Å². The molecule has 0 saturated carbocycles. The number of hydrogen-bond donors (Lipinski definition) is 1. The molecule has 0 aliphatic heterocycles. The van der Waals surface area contributed by atoms with Gasteiger partial charge in [0.05, 0.1) is 33.4 Å². The van der Waals surface area contributed by atoms with Crippen molar-refractivity contribution in [1.82, 2.24) is 35.0 Å². The Morgan fingerprint density at radius 1 is 1.12 bits per heavy atom. The molecule has 0 unspecified atom stereocenters. The van der Waals surface area contributed by atoms with Gasteiger partial charge in [-0.1, -0.05) is 0 Å². The minimum atomic E-state index is -0.217. The largest absolute Gasteiger partial charge is 0.322 e. The van der Waals surface area contributed by atoms with Crippen molar-refractivity contribution >= 4 is 34.0 Å². The third-order valence-corrected chi connectivity index (χ3v) is 6.06. The van der Waals surface area contributed by atoms with Gasteiger partial charge in [-0.05, 0) is 73.7 Å². The summed E-state index contributed by atoms with van der Waals surface area (Å²) in [5.74, 6) is -0.217. The van der Waals surface area contributed by atoms with Gasteiger partial charge in [-0.25, -0.2) is 14.3 Å². The maximum absolute atomic E-state index is 13.3. The zero-order valence-electron chi connectivity index (χ0n) is 17.7. The Balaban J connectivity index is 1.52. The molecule has 1 amide bonds. The van der Waals surface area contributed by atoms with E-state index in [0.29, 0.717) is 16.9 Å². The Hall–Kier alpha value is -3.92. The van der Waals surface area contributed by atoms with Crippen LogP contribution in [0, 0.1) is 6.92 Å². The van der Waals surface area contributed by atoms with E-state index in [1.165, 1.54) is 11.2 Å². The van der Waals surface area contributed by atoms with Gasteiger partial charge in [-0.3, -0.25) is 4.79 Å². The number of hydrogen-bond acceptors (Lipinski definition) is 7. The Labute approximate surface area is 187 Å². The average molecular weight is 445 g/mol. The summed E-state index contributed by atoms with van der Waals surface area (Å²) in [6, 6.07) is 13.3. The predicted molar refractivity (Wildman–Crippen MR) is 123 cm³/mol. The van der Waals surface area contributed by atoms with Crippen molar-refractivity contribution in [2.45, 2.75) is 26.8 Å².